The van der Waals surface area contributed by atoms with Crippen LogP contribution in [0.1, 0.15) is 57.8 Å². The monoisotopic (exact) mass is 289 g/mol. The van der Waals surface area contributed by atoms with Crippen LogP contribution in [-0.2, 0) is 9.47 Å². The van der Waals surface area contributed by atoms with Crippen LogP contribution in [0.25, 0.3) is 0 Å². The van der Waals surface area contributed by atoms with Gasteiger partial charge in [-0.2, -0.15) is 0 Å². The van der Waals surface area contributed by atoms with Gasteiger partial charge in [0.1, 0.15) is 0 Å². The molecule has 1 heterocycles. The SMILES string of the molecule is [O-]/[N+](O)=C(/CCCCO)CCCCOC1CCCCO1. The van der Waals surface area contributed by atoms with E-state index in [9.17, 15) is 5.21 Å². The molecule has 1 fully saturated rings. The molecule has 1 rings (SSSR count). The van der Waals surface area contributed by atoms with Crippen molar-refractivity contribution in [2.24, 2.45) is 0 Å². The van der Waals surface area contributed by atoms with Crippen LogP contribution in [0.5, 0.6) is 0 Å². The second kappa shape index (κ2) is 10.9. The number of aliphatic hydroxyl groups excluding tert-OH is 1. The topological polar surface area (TPSA) is 85.0 Å². The minimum Gasteiger partial charge on any atom is -0.418 e. The van der Waals surface area contributed by atoms with Crippen LogP contribution in [0, 0.1) is 5.21 Å². The van der Waals surface area contributed by atoms with Gasteiger partial charge in [-0.25, -0.2) is 0 Å². The van der Waals surface area contributed by atoms with Crippen LogP contribution >= 0.6 is 0 Å². The molecule has 6 nitrogen and oxygen atoms in total. The zero-order valence-electron chi connectivity index (χ0n) is 12.1. The van der Waals surface area contributed by atoms with Gasteiger partial charge in [-0.15, -0.1) is 0 Å². The minimum atomic E-state index is -0.0643. The molecule has 6 heteroatoms. The molecule has 1 unspecified atom stereocenters. The van der Waals surface area contributed by atoms with Gasteiger partial charge in [-0.05, 0) is 44.9 Å². The lowest BCUT2D eigenvalue weighted by Crippen LogP contribution is -2.22. The van der Waals surface area contributed by atoms with Crippen molar-refractivity contribution in [3.8, 4) is 0 Å². The van der Waals surface area contributed by atoms with Crippen LogP contribution in [0.4, 0.5) is 0 Å². The first-order valence-corrected chi connectivity index (χ1v) is 7.59. The number of rotatable bonds is 10. The Kier molecular flexibility index (Phi) is 9.36. The van der Waals surface area contributed by atoms with E-state index in [4.69, 9.17) is 19.8 Å². The standard InChI is InChI=1S/C14H27NO5/c16-10-4-1-7-13(15(17)18)8-2-5-11-19-14-9-3-6-12-20-14/h14,16H,1-12H2,(H,17,18). The molecule has 1 saturated heterocycles. The van der Waals surface area contributed by atoms with Crippen molar-refractivity contribution in [2.75, 3.05) is 19.8 Å². The van der Waals surface area contributed by atoms with Crippen LogP contribution in [0.2, 0.25) is 0 Å². The lowest BCUT2D eigenvalue weighted by molar-refractivity contribution is -0.727. The van der Waals surface area contributed by atoms with E-state index >= 15 is 0 Å². The van der Waals surface area contributed by atoms with Crippen molar-refractivity contribution in [3.05, 3.63) is 5.21 Å². The van der Waals surface area contributed by atoms with E-state index in [1.165, 1.54) is 0 Å². The first kappa shape index (κ1) is 17.2. The Morgan fingerprint density at radius 2 is 1.95 bits per heavy atom. The van der Waals surface area contributed by atoms with Crippen molar-refractivity contribution in [3.63, 3.8) is 0 Å². The quantitative estimate of drug-likeness (QED) is 0.212. The molecule has 2 N–H and O–H groups in total. The largest absolute Gasteiger partial charge is 0.418 e. The number of ether oxygens (including phenoxy) is 2. The van der Waals surface area contributed by atoms with Gasteiger partial charge in [-0.1, -0.05) is 0 Å². The third kappa shape index (κ3) is 7.67. The molecular formula is C14H27NO5. The fourth-order valence-corrected chi connectivity index (χ4v) is 2.25. The fourth-order valence-electron chi connectivity index (χ4n) is 2.25. The zero-order valence-corrected chi connectivity index (χ0v) is 12.1. The highest BCUT2D eigenvalue weighted by Crippen LogP contribution is 2.14. The maximum atomic E-state index is 11.0. The molecule has 1 aliphatic rings. The Bertz CT molecular complexity index is 273. The average Bonchev–Trinajstić information content (AvgIpc) is 2.46. The van der Waals surface area contributed by atoms with E-state index in [2.05, 4.69) is 0 Å². The van der Waals surface area contributed by atoms with Crippen LogP contribution in [0.3, 0.4) is 0 Å². The Labute approximate surface area is 120 Å². The molecule has 0 radical (unpaired) electrons. The third-order valence-corrected chi connectivity index (χ3v) is 3.45. The fraction of sp³-hybridized carbons (Fsp3) is 0.929. The molecule has 0 bridgehead atoms. The molecule has 118 valence electrons. The Morgan fingerprint density at radius 3 is 2.55 bits per heavy atom. The smallest absolute Gasteiger partial charge is 0.221 e. The minimum absolute atomic E-state index is 0.0253. The van der Waals surface area contributed by atoms with Crippen molar-refractivity contribution >= 4 is 5.71 Å². The Balaban J connectivity index is 2.06. The maximum absolute atomic E-state index is 11.0. The summed E-state index contributed by atoms with van der Waals surface area (Å²) in [6, 6.07) is 0. The van der Waals surface area contributed by atoms with Crippen LogP contribution in [-0.4, -0.2) is 47.0 Å². The Morgan fingerprint density at radius 1 is 1.20 bits per heavy atom. The van der Waals surface area contributed by atoms with E-state index in [0.717, 1.165) is 45.1 Å². The zero-order chi connectivity index (χ0) is 14.6. The van der Waals surface area contributed by atoms with Gasteiger partial charge >= 0.3 is 0 Å². The number of unbranched alkanes of at least 4 members (excludes halogenated alkanes) is 2. The van der Waals surface area contributed by atoms with Gasteiger partial charge in [0.05, 0.1) is 0 Å². The van der Waals surface area contributed by atoms with E-state index in [0.29, 0.717) is 31.6 Å². The average molecular weight is 289 g/mol. The third-order valence-electron chi connectivity index (χ3n) is 3.45. The normalized spacial score (nSPS) is 20.8. The van der Waals surface area contributed by atoms with Crippen molar-refractivity contribution in [1.82, 2.24) is 0 Å². The Hall–Kier alpha value is -0.850. The molecule has 1 aliphatic heterocycles. The molecule has 0 amide bonds. The predicted octanol–water partition coefficient (Wildman–Crippen LogP) is 2.20. The molecule has 0 aliphatic carbocycles. The molecule has 0 saturated carbocycles. The summed E-state index contributed by atoms with van der Waals surface area (Å²) in [5, 5.41) is 28.7. The summed E-state index contributed by atoms with van der Waals surface area (Å²) in [7, 11) is 0. The number of hydrogen-bond donors (Lipinski definition) is 2. The highest BCUT2D eigenvalue weighted by atomic mass is 16.8. The summed E-state index contributed by atoms with van der Waals surface area (Å²) < 4.78 is 11.1. The molecule has 1 atom stereocenters. The lowest BCUT2D eigenvalue weighted by atomic mass is 10.1. The summed E-state index contributed by atoms with van der Waals surface area (Å²) in [6.45, 7) is 1.52. The van der Waals surface area contributed by atoms with E-state index < -0.39 is 0 Å². The second-order valence-corrected chi connectivity index (χ2v) is 5.14. The first-order chi connectivity index (χ1) is 9.74. The van der Waals surface area contributed by atoms with E-state index in [-0.39, 0.29) is 17.8 Å². The van der Waals surface area contributed by atoms with Gasteiger partial charge in [0, 0.05) is 37.6 Å². The van der Waals surface area contributed by atoms with Crippen LogP contribution in [0.15, 0.2) is 0 Å². The van der Waals surface area contributed by atoms with Gasteiger partial charge < -0.3 is 19.8 Å². The van der Waals surface area contributed by atoms with Crippen molar-refractivity contribution in [1.29, 1.82) is 0 Å². The highest BCUT2D eigenvalue weighted by Gasteiger charge is 2.14. The number of nitrogens with zero attached hydrogens (tertiary/aromatic N) is 1. The van der Waals surface area contributed by atoms with E-state index in [1.807, 2.05) is 0 Å². The second-order valence-electron chi connectivity index (χ2n) is 5.14. The number of aliphatic hydroxyl groups is 1. The summed E-state index contributed by atoms with van der Waals surface area (Å²) in [6.07, 6.45) is 7.29. The molecule has 20 heavy (non-hydrogen) atoms. The van der Waals surface area contributed by atoms with Crippen molar-refractivity contribution in [2.45, 2.75) is 64.1 Å². The molecular weight excluding hydrogens is 262 g/mol. The highest BCUT2D eigenvalue weighted by molar-refractivity contribution is 5.79. The van der Waals surface area contributed by atoms with Crippen molar-refractivity contribution < 1.29 is 24.7 Å². The summed E-state index contributed by atoms with van der Waals surface area (Å²) in [5.41, 5.74) is 0.479. The maximum Gasteiger partial charge on any atom is 0.221 e. The summed E-state index contributed by atoms with van der Waals surface area (Å²) in [4.78, 5) is -0.0253. The predicted molar refractivity (Wildman–Crippen MR) is 74.8 cm³/mol. The molecule has 0 aromatic heterocycles. The van der Waals surface area contributed by atoms with Crippen LogP contribution < -0.4 is 0 Å². The van der Waals surface area contributed by atoms with Gasteiger partial charge in [0.15, 0.2) is 6.29 Å². The van der Waals surface area contributed by atoms with E-state index in [1.54, 1.807) is 0 Å². The molecule has 0 aromatic rings. The van der Waals surface area contributed by atoms with Gasteiger partial charge in [0.25, 0.3) is 0 Å². The first-order valence-electron chi connectivity index (χ1n) is 7.59. The molecule has 0 aromatic carbocycles. The molecule has 0 spiro atoms. The lowest BCUT2D eigenvalue weighted by Gasteiger charge is -2.22. The summed E-state index contributed by atoms with van der Waals surface area (Å²) in [5.74, 6) is 0. The van der Waals surface area contributed by atoms with Gasteiger partial charge in [0.2, 0.25) is 5.71 Å². The number of hydrogen-bond acceptors (Lipinski definition) is 5. The summed E-state index contributed by atoms with van der Waals surface area (Å²) >= 11 is 0. The van der Waals surface area contributed by atoms with Gasteiger partial charge in [-0.3, -0.25) is 5.21 Å².